The number of nitrogens with one attached hydrogen (secondary N) is 2. The van der Waals surface area contributed by atoms with Crippen molar-refractivity contribution in [1.29, 1.82) is 0 Å². The van der Waals surface area contributed by atoms with Gasteiger partial charge in [-0.1, -0.05) is 13.8 Å². The lowest BCUT2D eigenvalue weighted by molar-refractivity contribution is -0.143. The molecule has 2 amide bonds. The second-order valence-corrected chi connectivity index (χ2v) is 6.71. The molecule has 2 aromatic heterocycles. The molecule has 2 unspecified atom stereocenters. The number of rotatable bonds is 9. The minimum Gasteiger partial charge on any atom is -0.467 e. The van der Waals surface area contributed by atoms with E-state index in [1.807, 2.05) is 0 Å². The van der Waals surface area contributed by atoms with Crippen LogP contribution in [0.15, 0.2) is 36.7 Å². The fraction of sp³-hybridized carbons (Fsp3) is 0.364. The van der Waals surface area contributed by atoms with Crippen molar-refractivity contribution in [2.24, 2.45) is 0 Å². The molecule has 0 aromatic carbocycles. The molecule has 10 heteroatoms. The highest BCUT2D eigenvalue weighted by molar-refractivity contribution is 6.06. The van der Waals surface area contributed by atoms with Crippen LogP contribution < -0.4 is 10.6 Å². The van der Waals surface area contributed by atoms with Crippen LogP contribution in [-0.2, 0) is 19.1 Å². The molecule has 0 fully saturated rings. The van der Waals surface area contributed by atoms with Crippen LogP contribution in [0.3, 0.4) is 0 Å². The molecule has 0 aliphatic carbocycles. The van der Waals surface area contributed by atoms with Crippen LogP contribution in [0, 0.1) is 0 Å². The number of pyridine rings is 2. The molecule has 2 N–H and O–H groups in total. The number of carbonyl (C=O) groups is 4. The van der Waals surface area contributed by atoms with E-state index in [2.05, 4.69) is 20.6 Å². The van der Waals surface area contributed by atoms with Gasteiger partial charge in [-0.3, -0.25) is 19.6 Å². The SMILES string of the molecule is CCC(NC(=O)c1cccnc1-c1ncccc1C(=O)NC(CC)C(=O)OC)C(=O)OC. The number of nitrogens with zero attached hydrogens (tertiary/aromatic N) is 2. The van der Waals surface area contributed by atoms with Crippen molar-refractivity contribution >= 4 is 23.8 Å². The third-order valence-corrected chi connectivity index (χ3v) is 4.73. The summed E-state index contributed by atoms with van der Waals surface area (Å²) in [5, 5.41) is 5.23. The Morgan fingerprint density at radius 1 is 0.781 bits per heavy atom. The second kappa shape index (κ2) is 11.5. The largest absolute Gasteiger partial charge is 0.467 e. The van der Waals surface area contributed by atoms with E-state index in [0.29, 0.717) is 12.8 Å². The summed E-state index contributed by atoms with van der Waals surface area (Å²) in [6.45, 7) is 3.47. The van der Waals surface area contributed by atoms with Gasteiger partial charge in [0.2, 0.25) is 0 Å². The molecule has 0 spiro atoms. The number of aromatic nitrogens is 2. The van der Waals surface area contributed by atoms with Gasteiger partial charge in [0, 0.05) is 12.4 Å². The zero-order valence-corrected chi connectivity index (χ0v) is 18.4. The Bertz CT molecular complexity index is 914. The zero-order valence-electron chi connectivity index (χ0n) is 18.4. The summed E-state index contributed by atoms with van der Waals surface area (Å²) in [5.41, 5.74) is 0.563. The van der Waals surface area contributed by atoms with Crippen molar-refractivity contribution in [2.45, 2.75) is 38.8 Å². The maximum absolute atomic E-state index is 12.9. The van der Waals surface area contributed by atoms with E-state index in [0.717, 1.165) is 0 Å². The van der Waals surface area contributed by atoms with Crippen molar-refractivity contribution in [3.63, 3.8) is 0 Å². The highest BCUT2D eigenvalue weighted by Gasteiger charge is 2.26. The van der Waals surface area contributed by atoms with Crippen LogP contribution in [0.25, 0.3) is 11.4 Å². The van der Waals surface area contributed by atoms with Gasteiger partial charge in [0.25, 0.3) is 11.8 Å². The Morgan fingerprint density at radius 2 is 1.16 bits per heavy atom. The van der Waals surface area contributed by atoms with Gasteiger partial charge in [-0.25, -0.2) is 9.59 Å². The number of amides is 2. The van der Waals surface area contributed by atoms with E-state index in [4.69, 9.17) is 9.47 Å². The number of esters is 2. The van der Waals surface area contributed by atoms with Crippen molar-refractivity contribution in [3.05, 3.63) is 47.8 Å². The maximum atomic E-state index is 12.9. The Balaban J connectivity index is 2.42. The summed E-state index contributed by atoms with van der Waals surface area (Å²) in [5.74, 6) is -2.28. The van der Waals surface area contributed by atoms with Crippen molar-refractivity contribution in [1.82, 2.24) is 20.6 Å². The van der Waals surface area contributed by atoms with E-state index in [1.54, 1.807) is 26.0 Å². The normalized spacial score (nSPS) is 12.2. The molecule has 2 rings (SSSR count). The molecular formula is C22H26N4O6. The molecule has 2 aromatic rings. The molecule has 2 heterocycles. The van der Waals surface area contributed by atoms with E-state index < -0.39 is 35.8 Å². The van der Waals surface area contributed by atoms with E-state index >= 15 is 0 Å². The Labute approximate surface area is 185 Å². The quantitative estimate of drug-likeness (QED) is 0.558. The zero-order chi connectivity index (χ0) is 23.7. The monoisotopic (exact) mass is 442 g/mol. The molecule has 0 aliphatic rings. The van der Waals surface area contributed by atoms with Gasteiger partial charge in [0.15, 0.2) is 0 Å². The molecule has 0 aliphatic heterocycles. The van der Waals surface area contributed by atoms with E-state index in [-0.39, 0.29) is 22.5 Å². The molecule has 32 heavy (non-hydrogen) atoms. The first-order chi connectivity index (χ1) is 15.4. The average molecular weight is 442 g/mol. The Kier molecular flexibility index (Phi) is 8.82. The predicted octanol–water partition coefficient (Wildman–Crippen LogP) is 1.51. The number of methoxy groups -OCH3 is 2. The summed E-state index contributed by atoms with van der Waals surface area (Å²) in [4.78, 5) is 58.1. The van der Waals surface area contributed by atoms with Crippen LogP contribution in [-0.4, -0.2) is 60.0 Å². The topological polar surface area (TPSA) is 137 Å². The van der Waals surface area contributed by atoms with Crippen molar-refractivity contribution in [2.75, 3.05) is 14.2 Å². The third-order valence-electron chi connectivity index (χ3n) is 4.73. The third kappa shape index (κ3) is 5.65. The molecule has 170 valence electrons. The molecular weight excluding hydrogens is 416 g/mol. The highest BCUT2D eigenvalue weighted by atomic mass is 16.5. The van der Waals surface area contributed by atoms with Crippen LogP contribution in [0.5, 0.6) is 0 Å². The van der Waals surface area contributed by atoms with Gasteiger partial charge in [-0.05, 0) is 37.1 Å². The van der Waals surface area contributed by atoms with Crippen LogP contribution in [0.4, 0.5) is 0 Å². The first kappa shape index (κ1) is 24.4. The Hall–Kier alpha value is -3.82. The fourth-order valence-electron chi connectivity index (χ4n) is 2.97. The predicted molar refractivity (Wildman–Crippen MR) is 115 cm³/mol. The highest BCUT2D eigenvalue weighted by Crippen LogP contribution is 2.23. The number of carbonyl (C=O) groups excluding carboxylic acids is 4. The standard InChI is InChI=1S/C22H26N4O6/c1-5-15(21(29)31-3)25-19(27)13-9-7-11-23-17(13)18-14(10-8-12-24-18)20(28)26-16(6-2)22(30)32-4/h7-12,15-16H,5-6H2,1-4H3,(H,25,27)(H,26,28). The smallest absolute Gasteiger partial charge is 0.328 e. The lowest BCUT2D eigenvalue weighted by Crippen LogP contribution is -2.41. The van der Waals surface area contributed by atoms with E-state index in [1.165, 1.54) is 38.7 Å². The first-order valence-electron chi connectivity index (χ1n) is 10.1. The summed E-state index contributed by atoms with van der Waals surface area (Å²) in [6, 6.07) is 4.48. The minimum atomic E-state index is -0.836. The van der Waals surface area contributed by atoms with Crippen LogP contribution in [0.2, 0.25) is 0 Å². The molecule has 0 saturated carbocycles. The summed E-state index contributed by atoms with van der Waals surface area (Å²) in [7, 11) is 2.48. The number of hydrogen-bond acceptors (Lipinski definition) is 8. The molecule has 10 nitrogen and oxygen atoms in total. The van der Waals surface area contributed by atoms with Gasteiger partial charge in [-0.2, -0.15) is 0 Å². The molecule has 0 radical (unpaired) electrons. The number of ether oxygens (including phenoxy) is 2. The van der Waals surface area contributed by atoms with Gasteiger partial charge in [0.05, 0.1) is 25.3 Å². The molecule has 2 atom stereocenters. The van der Waals surface area contributed by atoms with Crippen molar-refractivity contribution < 1.29 is 28.7 Å². The number of hydrogen-bond donors (Lipinski definition) is 2. The lowest BCUT2D eigenvalue weighted by atomic mass is 10.0. The van der Waals surface area contributed by atoms with Gasteiger partial charge < -0.3 is 20.1 Å². The molecule has 0 bridgehead atoms. The maximum Gasteiger partial charge on any atom is 0.328 e. The van der Waals surface area contributed by atoms with E-state index in [9.17, 15) is 19.2 Å². The van der Waals surface area contributed by atoms with Crippen LogP contribution >= 0.6 is 0 Å². The molecule has 0 saturated heterocycles. The lowest BCUT2D eigenvalue weighted by Gasteiger charge is -2.17. The van der Waals surface area contributed by atoms with Gasteiger partial charge in [-0.15, -0.1) is 0 Å². The fourth-order valence-corrected chi connectivity index (χ4v) is 2.97. The second-order valence-electron chi connectivity index (χ2n) is 6.71. The summed E-state index contributed by atoms with van der Waals surface area (Å²) in [6.07, 6.45) is 3.58. The Morgan fingerprint density at radius 3 is 1.47 bits per heavy atom. The summed E-state index contributed by atoms with van der Waals surface area (Å²) >= 11 is 0. The van der Waals surface area contributed by atoms with Crippen molar-refractivity contribution in [3.8, 4) is 11.4 Å². The average Bonchev–Trinajstić information content (AvgIpc) is 2.84. The van der Waals surface area contributed by atoms with Gasteiger partial charge >= 0.3 is 11.9 Å². The minimum absolute atomic E-state index is 0.127. The summed E-state index contributed by atoms with van der Waals surface area (Å²) < 4.78 is 9.42. The van der Waals surface area contributed by atoms with Gasteiger partial charge in [0.1, 0.15) is 23.5 Å². The van der Waals surface area contributed by atoms with Crippen LogP contribution in [0.1, 0.15) is 47.4 Å². The first-order valence-corrected chi connectivity index (χ1v) is 10.1.